The molecule has 6 heteroatoms. The molecule has 0 aliphatic heterocycles. The predicted octanol–water partition coefficient (Wildman–Crippen LogP) is 17.3. The van der Waals surface area contributed by atoms with Gasteiger partial charge in [0.25, 0.3) is 0 Å². The molecule has 65 heavy (non-hydrogen) atoms. The molecule has 0 aliphatic carbocycles. The van der Waals surface area contributed by atoms with E-state index in [1.54, 1.807) is 0 Å². The molecular formula is C59H94O6. The molecule has 0 radical (unpaired) electrons. The van der Waals surface area contributed by atoms with Gasteiger partial charge in [0.15, 0.2) is 6.10 Å². The van der Waals surface area contributed by atoms with Gasteiger partial charge in [-0.05, 0) is 122 Å². The molecule has 1 unspecified atom stereocenters. The summed E-state index contributed by atoms with van der Waals surface area (Å²) < 4.78 is 16.7. The zero-order chi connectivity index (χ0) is 47.2. The number of hydrogen-bond donors (Lipinski definition) is 0. The third-order valence-electron chi connectivity index (χ3n) is 10.4. The molecule has 0 saturated carbocycles. The first-order valence-corrected chi connectivity index (χ1v) is 26.0. The highest BCUT2D eigenvalue weighted by molar-refractivity contribution is 5.71. The fourth-order valence-electron chi connectivity index (χ4n) is 6.58. The number of hydrogen-bond acceptors (Lipinski definition) is 6. The fourth-order valence-corrected chi connectivity index (χ4v) is 6.58. The lowest BCUT2D eigenvalue weighted by molar-refractivity contribution is -0.167. The average molecular weight is 899 g/mol. The number of carbonyl (C=O) groups excluding carboxylic acids is 3. The molecule has 0 rings (SSSR count). The van der Waals surface area contributed by atoms with Gasteiger partial charge in [-0.2, -0.15) is 0 Å². The first kappa shape index (κ1) is 60.8. The molecule has 0 fully saturated rings. The third-order valence-corrected chi connectivity index (χ3v) is 10.4. The standard InChI is InChI=1S/C59H94O6/c1-4-7-10-13-16-19-22-25-27-29-31-34-37-40-43-46-49-52-58(61)64-55-56(54-63-57(60)51-48-45-42-39-36-33-24-21-18-15-12-9-6-3)65-59(62)53-50-47-44-41-38-35-32-30-28-26-23-20-17-14-11-8-5-2/h7-8,10-11,16-17,19-21,24-28,31-32,34-35,40,43,56H,4-6,9,12-15,18,22-23,29-30,33,36-39,41-42,44-55H2,1-3H3/b10-7-,11-8-,19-16-,20-17-,24-21-,27-25-,28-26-,34-31-,35-32-,43-40-. The number of esters is 3. The van der Waals surface area contributed by atoms with Crippen molar-refractivity contribution in [3.63, 3.8) is 0 Å². The van der Waals surface area contributed by atoms with Crippen molar-refractivity contribution in [3.8, 4) is 0 Å². The zero-order valence-corrected chi connectivity index (χ0v) is 41.7. The van der Waals surface area contributed by atoms with Crippen molar-refractivity contribution < 1.29 is 28.6 Å². The summed E-state index contributed by atoms with van der Waals surface area (Å²) in [6.07, 6.45) is 71.8. The van der Waals surface area contributed by atoms with Crippen LogP contribution in [-0.2, 0) is 28.6 Å². The summed E-state index contributed by atoms with van der Waals surface area (Å²) in [5.41, 5.74) is 0. The number of rotatable bonds is 45. The second-order valence-electron chi connectivity index (χ2n) is 16.7. The molecule has 0 bridgehead atoms. The topological polar surface area (TPSA) is 78.9 Å². The first-order chi connectivity index (χ1) is 32.0. The summed E-state index contributed by atoms with van der Waals surface area (Å²) >= 11 is 0. The Kier molecular flexibility index (Phi) is 49.1. The Labute approximate surface area is 399 Å². The van der Waals surface area contributed by atoms with Crippen molar-refractivity contribution in [3.05, 3.63) is 122 Å². The van der Waals surface area contributed by atoms with Crippen LogP contribution in [0.4, 0.5) is 0 Å². The van der Waals surface area contributed by atoms with Crippen LogP contribution >= 0.6 is 0 Å². The van der Waals surface area contributed by atoms with E-state index in [0.29, 0.717) is 12.8 Å². The minimum Gasteiger partial charge on any atom is -0.462 e. The molecule has 366 valence electrons. The summed E-state index contributed by atoms with van der Waals surface area (Å²) in [4.78, 5) is 38.0. The van der Waals surface area contributed by atoms with Gasteiger partial charge in [-0.15, -0.1) is 0 Å². The number of ether oxygens (including phenoxy) is 3. The SMILES string of the molecule is CC/C=C\C/C=C\C/C=C\C/C=C\C/C=C\CCCC(=O)OCC(COC(=O)CCCCCCC/C=C\CCCCCC)OC(=O)CCCCCC/C=C\C/C=C\C/C=C\C/C=C\CC. The van der Waals surface area contributed by atoms with Crippen molar-refractivity contribution in [1.82, 2.24) is 0 Å². The largest absolute Gasteiger partial charge is 0.462 e. The third kappa shape index (κ3) is 50.7. The Balaban J connectivity index is 4.56. The van der Waals surface area contributed by atoms with Crippen molar-refractivity contribution in [1.29, 1.82) is 0 Å². The van der Waals surface area contributed by atoms with Gasteiger partial charge in [0.2, 0.25) is 0 Å². The van der Waals surface area contributed by atoms with Crippen molar-refractivity contribution in [2.24, 2.45) is 0 Å². The summed E-state index contributed by atoms with van der Waals surface area (Å²) in [5, 5.41) is 0. The van der Waals surface area contributed by atoms with Crippen LogP contribution in [-0.4, -0.2) is 37.2 Å². The Morgan fingerprint density at radius 2 is 0.615 bits per heavy atom. The maximum absolute atomic E-state index is 12.8. The molecule has 0 aromatic carbocycles. The molecule has 0 amide bonds. The molecule has 6 nitrogen and oxygen atoms in total. The highest BCUT2D eigenvalue weighted by atomic mass is 16.6. The van der Waals surface area contributed by atoms with E-state index in [2.05, 4.69) is 142 Å². The van der Waals surface area contributed by atoms with Gasteiger partial charge in [0.1, 0.15) is 13.2 Å². The van der Waals surface area contributed by atoms with Crippen LogP contribution in [0, 0.1) is 0 Å². The quantitative estimate of drug-likeness (QED) is 0.0262. The molecule has 0 aromatic heterocycles. The van der Waals surface area contributed by atoms with Gasteiger partial charge in [0.05, 0.1) is 0 Å². The van der Waals surface area contributed by atoms with Gasteiger partial charge in [-0.25, -0.2) is 0 Å². The van der Waals surface area contributed by atoms with E-state index in [9.17, 15) is 14.4 Å². The van der Waals surface area contributed by atoms with E-state index in [1.807, 2.05) is 0 Å². The lowest BCUT2D eigenvalue weighted by Gasteiger charge is -2.18. The predicted molar refractivity (Wildman–Crippen MR) is 279 cm³/mol. The van der Waals surface area contributed by atoms with Crippen molar-refractivity contribution >= 4 is 17.9 Å². The van der Waals surface area contributed by atoms with Gasteiger partial charge in [-0.3, -0.25) is 14.4 Å². The monoisotopic (exact) mass is 899 g/mol. The van der Waals surface area contributed by atoms with Crippen LogP contribution in [0.3, 0.4) is 0 Å². The number of unbranched alkanes of at least 4 members (excludes halogenated alkanes) is 14. The molecule has 0 aromatic rings. The minimum absolute atomic E-state index is 0.114. The Morgan fingerprint density at radius 1 is 0.323 bits per heavy atom. The van der Waals surface area contributed by atoms with Crippen molar-refractivity contribution in [2.45, 2.75) is 219 Å². The first-order valence-electron chi connectivity index (χ1n) is 26.0. The van der Waals surface area contributed by atoms with E-state index >= 15 is 0 Å². The second-order valence-corrected chi connectivity index (χ2v) is 16.7. The lowest BCUT2D eigenvalue weighted by Crippen LogP contribution is -2.30. The zero-order valence-electron chi connectivity index (χ0n) is 41.7. The molecule has 0 heterocycles. The summed E-state index contributed by atoms with van der Waals surface area (Å²) in [5.74, 6) is -1.01. The second kappa shape index (κ2) is 52.4. The maximum atomic E-state index is 12.8. The number of allylic oxidation sites excluding steroid dienone is 20. The molecule has 0 spiro atoms. The van der Waals surface area contributed by atoms with Gasteiger partial charge in [0, 0.05) is 19.3 Å². The van der Waals surface area contributed by atoms with Crippen LogP contribution in [0.25, 0.3) is 0 Å². The normalized spacial score (nSPS) is 13.1. The highest BCUT2D eigenvalue weighted by Gasteiger charge is 2.19. The molecular weight excluding hydrogens is 805 g/mol. The fraction of sp³-hybridized carbons (Fsp3) is 0.610. The van der Waals surface area contributed by atoms with Crippen LogP contribution < -0.4 is 0 Å². The summed E-state index contributed by atoms with van der Waals surface area (Å²) in [6.45, 7) is 6.30. The Morgan fingerprint density at radius 3 is 1.02 bits per heavy atom. The Bertz CT molecular complexity index is 1400. The summed E-state index contributed by atoms with van der Waals surface area (Å²) in [7, 11) is 0. The van der Waals surface area contributed by atoms with Crippen LogP contribution in [0.1, 0.15) is 213 Å². The lowest BCUT2D eigenvalue weighted by atomic mass is 10.1. The molecule has 0 saturated heterocycles. The van der Waals surface area contributed by atoms with Gasteiger partial charge < -0.3 is 14.2 Å². The highest BCUT2D eigenvalue weighted by Crippen LogP contribution is 2.12. The van der Waals surface area contributed by atoms with E-state index in [4.69, 9.17) is 14.2 Å². The van der Waals surface area contributed by atoms with E-state index in [1.165, 1.54) is 38.5 Å². The minimum atomic E-state index is -0.820. The summed E-state index contributed by atoms with van der Waals surface area (Å²) in [6, 6.07) is 0. The van der Waals surface area contributed by atoms with Gasteiger partial charge in [-0.1, -0.05) is 194 Å². The van der Waals surface area contributed by atoms with Crippen LogP contribution in [0.5, 0.6) is 0 Å². The number of carbonyl (C=O) groups is 3. The molecule has 0 aliphatic rings. The Hall–Kier alpha value is -4.19. The van der Waals surface area contributed by atoms with Crippen LogP contribution in [0.2, 0.25) is 0 Å². The van der Waals surface area contributed by atoms with Crippen LogP contribution in [0.15, 0.2) is 122 Å². The van der Waals surface area contributed by atoms with Crippen molar-refractivity contribution in [2.75, 3.05) is 13.2 Å². The smallest absolute Gasteiger partial charge is 0.306 e. The molecule has 0 N–H and O–H groups in total. The maximum Gasteiger partial charge on any atom is 0.306 e. The van der Waals surface area contributed by atoms with E-state index in [0.717, 1.165) is 128 Å². The van der Waals surface area contributed by atoms with E-state index in [-0.39, 0.29) is 44.0 Å². The van der Waals surface area contributed by atoms with Gasteiger partial charge >= 0.3 is 17.9 Å². The van der Waals surface area contributed by atoms with E-state index < -0.39 is 6.10 Å². The average Bonchev–Trinajstić information content (AvgIpc) is 3.30. The molecule has 1 atom stereocenters.